The van der Waals surface area contributed by atoms with Gasteiger partial charge >= 0.3 is 0 Å². The zero-order valence-corrected chi connectivity index (χ0v) is 14.1. The van der Waals surface area contributed by atoms with Crippen LogP contribution in [-0.4, -0.2) is 14.8 Å². The molecule has 0 saturated heterocycles. The highest BCUT2D eigenvalue weighted by molar-refractivity contribution is 9.10. The second kappa shape index (κ2) is 6.49. The van der Waals surface area contributed by atoms with Gasteiger partial charge in [-0.1, -0.05) is 13.8 Å². The number of aromatic nitrogens is 3. The van der Waals surface area contributed by atoms with Gasteiger partial charge in [0, 0.05) is 17.6 Å². The van der Waals surface area contributed by atoms with Gasteiger partial charge in [-0.25, -0.2) is 9.67 Å². The molecule has 0 atom stereocenters. The van der Waals surface area contributed by atoms with Crippen molar-refractivity contribution in [3.8, 4) is 0 Å². The number of aryl methyl sites for hydroxylation is 1. The molecule has 0 aromatic carbocycles. The fraction of sp³-hybridized carbons (Fsp3) is 0.462. The van der Waals surface area contributed by atoms with Crippen LogP contribution < -0.4 is 10.9 Å². The van der Waals surface area contributed by atoms with Crippen LogP contribution in [0.5, 0.6) is 0 Å². The Balaban J connectivity index is 2.13. The van der Waals surface area contributed by atoms with Crippen molar-refractivity contribution in [2.45, 2.75) is 33.9 Å². The van der Waals surface area contributed by atoms with Crippen molar-refractivity contribution in [1.29, 1.82) is 0 Å². The maximum Gasteiger partial charge on any atom is 0.283 e. The Kier molecular flexibility index (Phi) is 4.93. The van der Waals surface area contributed by atoms with Crippen LogP contribution in [-0.2, 0) is 13.1 Å². The standard InChI is InChI=1S/C13H17BrN4OS/c1-8(2)7-18-13(19)12(14)10(5-17-18)15-6-11-16-4-9(3)20-11/h4-5,8,15H,6-7H2,1-3H3. The molecule has 0 bridgehead atoms. The molecule has 108 valence electrons. The molecular weight excluding hydrogens is 340 g/mol. The van der Waals surface area contributed by atoms with Crippen LogP contribution in [0.3, 0.4) is 0 Å². The summed E-state index contributed by atoms with van der Waals surface area (Å²) in [5, 5.41) is 8.37. The zero-order valence-electron chi connectivity index (χ0n) is 11.7. The summed E-state index contributed by atoms with van der Waals surface area (Å²) in [5.74, 6) is 0.379. The molecule has 5 nitrogen and oxygen atoms in total. The number of nitrogens with one attached hydrogen (secondary N) is 1. The van der Waals surface area contributed by atoms with Crippen molar-refractivity contribution < 1.29 is 0 Å². The number of hydrogen-bond donors (Lipinski definition) is 1. The summed E-state index contributed by atoms with van der Waals surface area (Å²) in [6, 6.07) is 0. The van der Waals surface area contributed by atoms with Gasteiger partial charge in [-0.3, -0.25) is 4.79 Å². The Hall–Kier alpha value is -1.21. The van der Waals surface area contributed by atoms with Crippen molar-refractivity contribution in [3.63, 3.8) is 0 Å². The van der Waals surface area contributed by atoms with E-state index in [2.05, 4.69) is 45.2 Å². The summed E-state index contributed by atoms with van der Waals surface area (Å²) in [6.07, 6.45) is 3.52. The molecular formula is C13H17BrN4OS. The quantitative estimate of drug-likeness (QED) is 0.894. The largest absolute Gasteiger partial charge is 0.376 e. The predicted octanol–water partition coefficient (Wildman–Crippen LogP) is 3.04. The first-order valence-corrected chi connectivity index (χ1v) is 7.99. The highest BCUT2D eigenvalue weighted by atomic mass is 79.9. The van der Waals surface area contributed by atoms with Crippen LogP contribution in [0, 0.1) is 12.8 Å². The molecule has 0 spiro atoms. The van der Waals surface area contributed by atoms with E-state index in [-0.39, 0.29) is 5.56 Å². The highest BCUT2D eigenvalue weighted by Crippen LogP contribution is 2.19. The first-order valence-electron chi connectivity index (χ1n) is 6.38. The van der Waals surface area contributed by atoms with Crippen LogP contribution in [0.1, 0.15) is 23.7 Å². The lowest BCUT2D eigenvalue weighted by Crippen LogP contribution is -2.26. The molecule has 0 fully saturated rings. The molecule has 0 aliphatic rings. The van der Waals surface area contributed by atoms with Gasteiger partial charge < -0.3 is 5.32 Å². The van der Waals surface area contributed by atoms with Gasteiger partial charge in [0.05, 0.1) is 18.4 Å². The third kappa shape index (κ3) is 3.67. The Morgan fingerprint density at radius 1 is 1.45 bits per heavy atom. The van der Waals surface area contributed by atoms with Gasteiger partial charge in [0.1, 0.15) is 9.48 Å². The SMILES string of the molecule is Cc1cnc(CNc2cnn(CC(C)C)c(=O)c2Br)s1. The van der Waals surface area contributed by atoms with Crippen molar-refractivity contribution in [2.24, 2.45) is 5.92 Å². The Morgan fingerprint density at radius 3 is 2.80 bits per heavy atom. The number of thiazole rings is 1. The number of rotatable bonds is 5. The molecule has 0 radical (unpaired) electrons. The van der Waals surface area contributed by atoms with E-state index < -0.39 is 0 Å². The lowest BCUT2D eigenvalue weighted by atomic mass is 10.2. The molecule has 0 amide bonds. The van der Waals surface area contributed by atoms with Gasteiger partial charge in [-0.2, -0.15) is 5.10 Å². The second-order valence-electron chi connectivity index (χ2n) is 4.97. The van der Waals surface area contributed by atoms with Crippen molar-refractivity contribution in [3.05, 3.63) is 37.1 Å². The third-order valence-electron chi connectivity index (χ3n) is 2.62. The first-order chi connectivity index (χ1) is 9.47. The minimum Gasteiger partial charge on any atom is -0.376 e. The van der Waals surface area contributed by atoms with E-state index in [9.17, 15) is 4.79 Å². The van der Waals surface area contributed by atoms with E-state index in [0.717, 1.165) is 5.01 Å². The molecule has 20 heavy (non-hydrogen) atoms. The van der Waals surface area contributed by atoms with Crippen LogP contribution in [0.25, 0.3) is 0 Å². The van der Waals surface area contributed by atoms with E-state index in [1.807, 2.05) is 13.1 Å². The summed E-state index contributed by atoms with van der Waals surface area (Å²) in [5.41, 5.74) is 0.585. The minimum absolute atomic E-state index is 0.112. The minimum atomic E-state index is -0.112. The van der Waals surface area contributed by atoms with Crippen molar-refractivity contribution in [2.75, 3.05) is 5.32 Å². The van der Waals surface area contributed by atoms with Crippen LogP contribution in [0.2, 0.25) is 0 Å². The maximum absolute atomic E-state index is 12.1. The average Bonchev–Trinajstić information content (AvgIpc) is 2.79. The molecule has 7 heteroatoms. The van der Waals surface area contributed by atoms with Gasteiger partial charge in [-0.05, 0) is 28.8 Å². The van der Waals surface area contributed by atoms with Gasteiger partial charge in [0.25, 0.3) is 5.56 Å². The maximum atomic E-state index is 12.1. The fourth-order valence-corrected chi connectivity index (χ4v) is 2.89. The first kappa shape index (κ1) is 15.2. The van der Waals surface area contributed by atoms with E-state index in [1.54, 1.807) is 17.5 Å². The molecule has 1 N–H and O–H groups in total. The lowest BCUT2D eigenvalue weighted by molar-refractivity contribution is 0.462. The third-order valence-corrected chi connectivity index (χ3v) is 4.30. The molecule has 2 heterocycles. The van der Waals surface area contributed by atoms with Crippen LogP contribution >= 0.6 is 27.3 Å². The van der Waals surface area contributed by atoms with E-state index in [1.165, 1.54) is 9.56 Å². The van der Waals surface area contributed by atoms with Gasteiger partial charge in [0.2, 0.25) is 0 Å². The van der Waals surface area contributed by atoms with Crippen molar-refractivity contribution in [1.82, 2.24) is 14.8 Å². The van der Waals surface area contributed by atoms with Crippen molar-refractivity contribution >= 4 is 33.0 Å². The molecule has 2 aromatic rings. The topological polar surface area (TPSA) is 59.8 Å². The molecule has 0 unspecified atom stereocenters. The molecule has 0 aliphatic carbocycles. The Morgan fingerprint density at radius 2 is 2.20 bits per heavy atom. The Bertz CT molecular complexity index is 650. The Labute approximate surface area is 130 Å². The normalized spacial score (nSPS) is 11.1. The van der Waals surface area contributed by atoms with E-state index >= 15 is 0 Å². The number of nitrogens with zero attached hydrogens (tertiary/aromatic N) is 3. The summed E-state index contributed by atoms with van der Waals surface area (Å²) in [4.78, 5) is 17.6. The average molecular weight is 357 g/mol. The molecule has 2 aromatic heterocycles. The van der Waals surface area contributed by atoms with E-state index in [0.29, 0.717) is 29.2 Å². The van der Waals surface area contributed by atoms with Crippen LogP contribution in [0.4, 0.5) is 5.69 Å². The number of hydrogen-bond acceptors (Lipinski definition) is 5. The van der Waals surface area contributed by atoms with Gasteiger partial charge in [-0.15, -0.1) is 11.3 Å². The molecule has 0 aliphatic heterocycles. The zero-order chi connectivity index (χ0) is 14.7. The molecule has 0 saturated carbocycles. The summed E-state index contributed by atoms with van der Waals surface area (Å²) in [6.45, 7) is 7.33. The molecule has 2 rings (SSSR count). The second-order valence-corrected chi connectivity index (χ2v) is 7.08. The van der Waals surface area contributed by atoms with E-state index in [4.69, 9.17) is 0 Å². The number of halogens is 1. The fourth-order valence-electron chi connectivity index (χ4n) is 1.72. The smallest absolute Gasteiger partial charge is 0.283 e. The summed E-state index contributed by atoms with van der Waals surface area (Å²) < 4.78 is 1.99. The predicted molar refractivity (Wildman–Crippen MR) is 85.2 cm³/mol. The number of anilines is 1. The summed E-state index contributed by atoms with van der Waals surface area (Å²) in [7, 11) is 0. The lowest BCUT2D eigenvalue weighted by Gasteiger charge is -2.11. The van der Waals surface area contributed by atoms with Crippen LogP contribution in [0.15, 0.2) is 21.7 Å². The monoisotopic (exact) mass is 356 g/mol. The summed E-state index contributed by atoms with van der Waals surface area (Å²) >= 11 is 4.98. The van der Waals surface area contributed by atoms with Gasteiger partial charge in [0.15, 0.2) is 0 Å². The highest BCUT2D eigenvalue weighted by Gasteiger charge is 2.10.